The molecule has 2 unspecified atom stereocenters. The molecule has 1 aromatic heterocycles. The van der Waals surface area contributed by atoms with Crippen molar-refractivity contribution in [1.82, 2.24) is 20.5 Å². The number of carbonyl (C=O) groups is 1. The fourth-order valence-electron chi connectivity index (χ4n) is 4.49. The lowest BCUT2D eigenvalue weighted by Gasteiger charge is -2.23. The zero-order valence-corrected chi connectivity index (χ0v) is 17.0. The number of aromatic amines is 1. The highest BCUT2D eigenvalue weighted by molar-refractivity contribution is 5.84. The van der Waals surface area contributed by atoms with Crippen molar-refractivity contribution in [2.75, 3.05) is 26.2 Å². The molecule has 0 bridgehead atoms. The Balaban J connectivity index is 1.44. The van der Waals surface area contributed by atoms with Gasteiger partial charge in [0.2, 0.25) is 0 Å². The van der Waals surface area contributed by atoms with Crippen LogP contribution in [0.5, 0.6) is 0 Å². The molecule has 3 aromatic rings. The van der Waals surface area contributed by atoms with Crippen molar-refractivity contribution < 1.29 is 4.79 Å². The molecule has 1 fully saturated rings. The predicted octanol–water partition coefficient (Wildman–Crippen LogP) is 4.08. The van der Waals surface area contributed by atoms with E-state index in [0.717, 1.165) is 25.0 Å². The number of H-pyrrole nitrogens is 1. The van der Waals surface area contributed by atoms with E-state index in [1.807, 2.05) is 12.1 Å². The number of carbonyl (C=O) groups excluding carboxylic acids is 1. The number of benzene rings is 2. The predicted molar refractivity (Wildman–Crippen MR) is 118 cm³/mol. The number of rotatable bonds is 7. The first-order chi connectivity index (χ1) is 14.3. The third kappa shape index (κ3) is 4.46. The summed E-state index contributed by atoms with van der Waals surface area (Å²) in [5.41, 5.74) is 3.53. The van der Waals surface area contributed by atoms with Crippen LogP contribution in [0.25, 0.3) is 10.9 Å². The van der Waals surface area contributed by atoms with Crippen molar-refractivity contribution in [3.8, 4) is 0 Å². The van der Waals surface area contributed by atoms with Gasteiger partial charge in [0.25, 0.3) is 0 Å². The molecule has 2 amide bonds. The topological polar surface area (TPSA) is 60.2 Å². The fraction of sp³-hybridized carbons (Fsp3) is 0.375. The SMILES string of the molecule is CCN1CCCC1CNC(=O)NCC(c1ccccc1)c1c[nH]c2ccccc12. The summed E-state index contributed by atoms with van der Waals surface area (Å²) in [5, 5.41) is 7.39. The summed E-state index contributed by atoms with van der Waals surface area (Å²) in [7, 11) is 0. The van der Waals surface area contributed by atoms with Gasteiger partial charge < -0.3 is 15.6 Å². The van der Waals surface area contributed by atoms with E-state index in [9.17, 15) is 4.79 Å². The van der Waals surface area contributed by atoms with Crippen LogP contribution >= 0.6 is 0 Å². The van der Waals surface area contributed by atoms with Crippen molar-refractivity contribution in [3.63, 3.8) is 0 Å². The van der Waals surface area contributed by atoms with E-state index in [1.165, 1.54) is 22.9 Å². The smallest absolute Gasteiger partial charge is 0.314 e. The first-order valence-corrected chi connectivity index (χ1v) is 10.6. The van der Waals surface area contributed by atoms with Crippen LogP contribution in [0.15, 0.2) is 60.8 Å². The van der Waals surface area contributed by atoms with Gasteiger partial charge in [0, 0.05) is 42.1 Å². The molecule has 5 nitrogen and oxygen atoms in total. The average molecular weight is 391 g/mol. The number of fused-ring (bicyclic) bond motifs is 1. The first-order valence-electron chi connectivity index (χ1n) is 10.6. The summed E-state index contributed by atoms with van der Waals surface area (Å²) < 4.78 is 0. The molecule has 152 valence electrons. The number of aromatic nitrogens is 1. The summed E-state index contributed by atoms with van der Waals surface area (Å²) in [6.07, 6.45) is 4.45. The number of amides is 2. The van der Waals surface area contributed by atoms with E-state index in [0.29, 0.717) is 19.1 Å². The van der Waals surface area contributed by atoms with Gasteiger partial charge in [0.1, 0.15) is 0 Å². The molecule has 1 aliphatic rings. The van der Waals surface area contributed by atoms with Crippen LogP contribution in [-0.2, 0) is 0 Å². The number of nitrogens with zero attached hydrogens (tertiary/aromatic N) is 1. The number of hydrogen-bond donors (Lipinski definition) is 3. The van der Waals surface area contributed by atoms with Gasteiger partial charge in [-0.25, -0.2) is 4.79 Å². The Morgan fingerprint density at radius 1 is 1.14 bits per heavy atom. The molecular weight excluding hydrogens is 360 g/mol. The van der Waals surface area contributed by atoms with Gasteiger partial charge in [0.15, 0.2) is 0 Å². The fourth-order valence-corrected chi connectivity index (χ4v) is 4.49. The minimum absolute atomic E-state index is 0.0891. The molecule has 29 heavy (non-hydrogen) atoms. The summed E-state index contributed by atoms with van der Waals surface area (Å²) in [4.78, 5) is 18.3. The number of likely N-dealkylation sites (tertiary alicyclic amines) is 1. The molecule has 2 aromatic carbocycles. The second kappa shape index (κ2) is 9.14. The lowest BCUT2D eigenvalue weighted by molar-refractivity contribution is 0.228. The van der Waals surface area contributed by atoms with Crippen molar-refractivity contribution >= 4 is 16.9 Å². The Labute approximate surface area is 172 Å². The standard InChI is InChI=1S/C24H30N4O/c1-2-28-14-8-11-19(28)15-26-24(29)27-16-21(18-9-4-3-5-10-18)22-17-25-23-13-7-6-12-20(22)23/h3-7,9-10,12-13,17,19,21,25H,2,8,11,14-16H2,1H3,(H2,26,27,29). The minimum atomic E-state index is -0.0891. The lowest BCUT2D eigenvalue weighted by atomic mass is 9.91. The molecule has 1 aliphatic heterocycles. The maximum absolute atomic E-state index is 12.5. The molecule has 3 N–H and O–H groups in total. The highest BCUT2D eigenvalue weighted by Gasteiger charge is 2.23. The quantitative estimate of drug-likeness (QED) is 0.569. The number of urea groups is 1. The van der Waals surface area contributed by atoms with Crippen LogP contribution in [-0.4, -0.2) is 48.1 Å². The molecule has 0 spiro atoms. The summed E-state index contributed by atoms with van der Waals surface area (Å²) in [6, 6.07) is 19.1. The zero-order chi connectivity index (χ0) is 20.1. The highest BCUT2D eigenvalue weighted by Crippen LogP contribution is 2.30. The Hall–Kier alpha value is -2.79. The van der Waals surface area contributed by atoms with Crippen LogP contribution in [0.4, 0.5) is 4.79 Å². The Morgan fingerprint density at radius 3 is 2.76 bits per heavy atom. The van der Waals surface area contributed by atoms with Crippen LogP contribution < -0.4 is 10.6 Å². The summed E-state index contributed by atoms with van der Waals surface area (Å²) in [5.74, 6) is 0.0942. The van der Waals surface area contributed by atoms with Gasteiger partial charge in [-0.05, 0) is 43.1 Å². The van der Waals surface area contributed by atoms with Gasteiger partial charge in [-0.15, -0.1) is 0 Å². The molecule has 2 atom stereocenters. The minimum Gasteiger partial charge on any atom is -0.361 e. The maximum Gasteiger partial charge on any atom is 0.314 e. The second-order valence-electron chi connectivity index (χ2n) is 7.77. The number of likely N-dealkylation sites (N-methyl/N-ethyl adjacent to an activating group) is 1. The van der Waals surface area contributed by atoms with Gasteiger partial charge in [0.05, 0.1) is 0 Å². The van der Waals surface area contributed by atoms with E-state index < -0.39 is 0 Å². The lowest BCUT2D eigenvalue weighted by Crippen LogP contribution is -2.44. The van der Waals surface area contributed by atoms with Crippen molar-refractivity contribution in [2.45, 2.75) is 31.7 Å². The normalized spacial score (nSPS) is 18.0. The van der Waals surface area contributed by atoms with Crippen LogP contribution in [0.1, 0.15) is 36.8 Å². The molecule has 0 saturated carbocycles. The second-order valence-corrected chi connectivity index (χ2v) is 7.77. The van der Waals surface area contributed by atoms with E-state index in [2.05, 4.69) is 76.1 Å². The van der Waals surface area contributed by atoms with Crippen LogP contribution in [0, 0.1) is 0 Å². The van der Waals surface area contributed by atoms with E-state index in [4.69, 9.17) is 0 Å². The third-order valence-electron chi connectivity index (χ3n) is 6.07. The van der Waals surface area contributed by atoms with Gasteiger partial charge in [-0.2, -0.15) is 0 Å². The largest absolute Gasteiger partial charge is 0.361 e. The van der Waals surface area contributed by atoms with Gasteiger partial charge >= 0.3 is 6.03 Å². The molecular formula is C24H30N4O. The van der Waals surface area contributed by atoms with E-state index in [1.54, 1.807) is 0 Å². The van der Waals surface area contributed by atoms with Crippen molar-refractivity contribution in [1.29, 1.82) is 0 Å². The molecule has 1 saturated heterocycles. The Morgan fingerprint density at radius 2 is 1.93 bits per heavy atom. The molecule has 4 rings (SSSR count). The van der Waals surface area contributed by atoms with Gasteiger partial charge in [-0.1, -0.05) is 55.5 Å². The third-order valence-corrected chi connectivity index (χ3v) is 6.07. The molecule has 0 aliphatic carbocycles. The average Bonchev–Trinajstić information content (AvgIpc) is 3.40. The Kier molecular flexibility index (Phi) is 6.15. The zero-order valence-electron chi connectivity index (χ0n) is 17.0. The van der Waals surface area contributed by atoms with E-state index in [-0.39, 0.29) is 11.9 Å². The summed E-state index contributed by atoms with van der Waals surface area (Å²) in [6.45, 7) is 5.64. The van der Waals surface area contributed by atoms with Crippen LogP contribution in [0.2, 0.25) is 0 Å². The van der Waals surface area contributed by atoms with Gasteiger partial charge in [-0.3, -0.25) is 4.90 Å². The maximum atomic E-state index is 12.5. The number of nitrogens with one attached hydrogen (secondary N) is 3. The molecule has 5 heteroatoms. The van der Waals surface area contributed by atoms with Crippen LogP contribution in [0.3, 0.4) is 0 Å². The monoisotopic (exact) mass is 390 g/mol. The van der Waals surface area contributed by atoms with E-state index >= 15 is 0 Å². The first kappa shape index (κ1) is 19.5. The highest BCUT2D eigenvalue weighted by atomic mass is 16.2. The molecule has 0 radical (unpaired) electrons. The number of hydrogen-bond acceptors (Lipinski definition) is 2. The van der Waals surface area contributed by atoms with Crippen molar-refractivity contribution in [3.05, 3.63) is 71.9 Å². The summed E-state index contributed by atoms with van der Waals surface area (Å²) >= 11 is 0. The Bertz CT molecular complexity index is 936. The molecule has 2 heterocycles. The van der Waals surface area contributed by atoms with Crippen molar-refractivity contribution in [2.24, 2.45) is 0 Å². The number of para-hydroxylation sites is 1.